The quantitative estimate of drug-likeness (QED) is 0.631. The van der Waals surface area contributed by atoms with Gasteiger partial charge in [-0.2, -0.15) is 11.3 Å². The van der Waals surface area contributed by atoms with Crippen molar-refractivity contribution in [2.45, 2.75) is 6.92 Å². The summed E-state index contributed by atoms with van der Waals surface area (Å²) in [6.07, 6.45) is 4.18. The monoisotopic (exact) mass is 283 g/mol. The third kappa shape index (κ3) is 3.00. The van der Waals surface area contributed by atoms with Crippen molar-refractivity contribution in [3.8, 4) is 11.3 Å². The highest BCUT2D eigenvalue weighted by Crippen LogP contribution is 2.23. The standard InChI is InChI=1S/C16H13NS2/c1-12-2-5-14(6-3-12)15-11-19-16(17-15)7-4-13-8-9-18-10-13/h2-11H,1H3/b7-4+. The Bertz CT molecular complexity index is 676. The zero-order valence-electron chi connectivity index (χ0n) is 10.5. The maximum absolute atomic E-state index is 4.64. The van der Waals surface area contributed by atoms with Gasteiger partial charge < -0.3 is 0 Å². The van der Waals surface area contributed by atoms with Crippen LogP contribution in [0.15, 0.2) is 46.5 Å². The van der Waals surface area contributed by atoms with Crippen molar-refractivity contribution in [3.63, 3.8) is 0 Å². The fourth-order valence-corrected chi connectivity index (χ4v) is 3.11. The van der Waals surface area contributed by atoms with Gasteiger partial charge in [-0.05, 0) is 35.4 Å². The molecule has 1 nitrogen and oxygen atoms in total. The number of benzene rings is 1. The van der Waals surface area contributed by atoms with E-state index in [4.69, 9.17) is 0 Å². The van der Waals surface area contributed by atoms with Gasteiger partial charge in [-0.3, -0.25) is 0 Å². The van der Waals surface area contributed by atoms with Crippen LogP contribution in [-0.2, 0) is 0 Å². The molecule has 2 aromatic heterocycles. The minimum absolute atomic E-state index is 1.04. The zero-order valence-corrected chi connectivity index (χ0v) is 12.2. The Labute approximate surface area is 120 Å². The van der Waals surface area contributed by atoms with E-state index in [0.29, 0.717) is 0 Å². The molecule has 2 heterocycles. The van der Waals surface area contributed by atoms with E-state index in [9.17, 15) is 0 Å². The Morgan fingerprint density at radius 1 is 1.00 bits per heavy atom. The summed E-state index contributed by atoms with van der Waals surface area (Å²) in [6.45, 7) is 2.10. The number of nitrogens with zero attached hydrogens (tertiary/aromatic N) is 1. The average molecular weight is 283 g/mol. The van der Waals surface area contributed by atoms with Crippen LogP contribution in [-0.4, -0.2) is 4.98 Å². The molecule has 0 unspecified atom stereocenters. The van der Waals surface area contributed by atoms with E-state index in [1.807, 2.05) is 0 Å². The number of thiophene rings is 1. The van der Waals surface area contributed by atoms with Gasteiger partial charge in [0.05, 0.1) is 5.69 Å². The fraction of sp³-hybridized carbons (Fsp3) is 0.0625. The van der Waals surface area contributed by atoms with E-state index in [1.165, 1.54) is 16.7 Å². The van der Waals surface area contributed by atoms with Gasteiger partial charge in [-0.25, -0.2) is 4.98 Å². The van der Waals surface area contributed by atoms with Crippen LogP contribution in [0.4, 0.5) is 0 Å². The zero-order chi connectivity index (χ0) is 13.1. The predicted octanol–water partition coefficient (Wildman–Crippen LogP) is 5.35. The molecule has 19 heavy (non-hydrogen) atoms. The first-order chi connectivity index (χ1) is 9.31. The second-order valence-corrected chi connectivity index (χ2v) is 6.00. The second-order valence-electron chi connectivity index (χ2n) is 4.33. The summed E-state index contributed by atoms with van der Waals surface area (Å²) in [5, 5.41) is 7.36. The average Bonchev–Trinajstić information content (AvgIpc) is 3.09. The maximum atomic E-state index is 4.64. The minimum Gasteiger partial charge on any atom is -0.237 e. The van der Waals surface area contributed by atoms with Crippen LogP contribution in [0, 0.1) is 6.92 Å². The molecular weight excluding hydrogens is 270 g/mol. The highest BCUT2D eigenvalue weighted by atomic mass is 32.1. The molecule has 0 saturated heterocycles. The lowest BCUT2D eigenvalue weighted by Gasteiger charge is -1.96. The molecule has 0 bridgehead atoms. The molecule has 0 saturated carbocycles. The summed E-state index contributed by atoms with van der Waals surface area (Å²) < 4.78 is 0. The Hall–Kier alpha value is -1.71. The third-order valence-corrected chi connectivity index (χ3v) is 4.34. The van der Waals surface area contributed by atoms with E-state index in [1.54, 1.807) is 22.7 Å². The molecule has 0 aliphatic rings. The Balaban J connectivity index is 1.81. The molecule has 0 spiro atoms. The van der Waals surface area contributed by atoms with Gasteiger partial charge in [0.15, 0.2) is 0 Å². The van der Waals surface area contributed by atoms with Crippen LogP contribution >= 0.6 is 22.7 Å². The number of hydrogen-bond acceptors (Lipinski definition) is 3. The second kappa shape index (κ2) is 5.51. The molecule has 0 aliphatic heterocycles. The van der Waals surface area contributed by atoms with Crippen LogP contribution in [0.1, 0.15) is 16.1 Å². The first-order valence-corrected chi connectivity index (χ1v) is 7.86. The molecule has 1 aromatic carbocycles. The van der Waals surface area contributed by atoms with Crippen LogP contribution in [0.5, 0.6) is 0 Å². The number of hydrogen-bond donors (Lipinski definition) is 0. The Morgan fingerprint density at radius 3 is 2.58 bits per heavy atom. The molecule has 94 valence electrons. The van der Waals surface area contributed by atoms with E-state index < -0.39 is 0 Å². The SMILES string of the molecule is Cc1ccc(-c2csc(/C=C/c3ccsc3)n2)cc1. The molecule has 0 fully saturated rings. The minimum atomic E-state index is 1.04. The molecule has 0 atom stereocenters. The van der Waals surface area contributed by atoms with Gasteiger partial charge in [0.25, 0.3) is 0 Å². The summed E-state index contributed by atoms with van der Waals surface area (Å²) in [6, 6.07) is 10.6. The van der Waals surface area contributed by atoms with Crippen molar-refractivity contribution in [2.75, 3.05) is 0 Å². The molecule has 0 N–H and O–H groups in total. The maximum Gasteiger partial charge on any atom is 0.116 e. The van der Waals surface area contributed by atoms with Crippen molar-refractivity contribution in [3.05, 3.63) is 62.6 Å². The molecule has 3 aromatic rings. The van der Waals surface area contributed by atoms with Gasteiger partial charge in [-0.15, -0.1) is 11.3 Å². The molecule has 3 heteroatoms. The van der Waals surface area contributed by atoms with Crippen molar-refractivity contribution < 1.29 is 0 Å². The lowest BCUT2D eigenvalue weighted by molar-refractivity contribution is 1.37. The molecule has 0 radical (unpaired) electrons. The first kappa shape index (κ1) is 12.3. The van der Waals surface area contributed by atoms with Gasteiger partial charge in [0.2, 0.25) is 0 Å². The van der Waals surface area contributed by atoms with E-state index in [0.717, 1.165) is 10.7 Å². The molecule has 3 rings (SSSR count). The van der Waals surface area contributed by atoms with E-state index >= 15 is 0 Å². The highest BCUT2D eigenvalue weighted by molar-refractivity contribution is 7.11. The molecular formula is C16H13NS2. The molecule has 0 amide bonds. The van der Waals surface area contributed by atoms with Crippen molar-refractivity contribution in [1.82, 2.24) is 4.98 Å². The number of aromatic nitrogens is 1. The number of rotatable bonds is 3. The van der Waals surface area contributed by atoms with Gasteiger partial charge in [-0.1, -0.05) is 35.9 Å². The Kier molecular flexibility index (Phi) is 3.58. The van der Waals surface area contributed by atoms with Gasteiger partial charge in [0.1, 0.15) is 5.01 Å². The fourth-order valence-electron chi connectivity index (χ4n) is 1.76. The van der Waals surface area contributed by atoms with Crippen molar-refractivity contribution >= 4 is 34.8 Å². The Morgan fingerprint density at radius 2 is 1.84 bits per heavy atom. The van der Waals surface area contributed by atoms with E-state index in [2.05, 4.69) is 70.5 Å². The predicted molar refractivity (Wildman–Crippen MR) is 85.5 cm³/mol. The summed E-state index contributed by atoms with van der Waals surface area (Å²) in [5.41, 5.74) is 4.74. The normalized spacial score (nSPS) is 11.2. The highest BCUT2D eigenvalue weighted by Gasteiger charge is 2.02. The first-order valence-electron chi connectivity index (χ1n) is 6.04. The van der Waals surface area contributed by atoms with Gasteiger partial charge in [0, 0.05) is 10.9 Å². The number of thiazole rings is 1. The summed E-state index contributed by atoms with van der Waals surface area (Å²) in [5.74, 6) is 0. The van der Waals surface area contributed by atoms with Crippen LogP contribution in [0.3, 0.4) is 0 Å². The largest absolute Gasteiger partial charge is 0.237 e. The van der Waals surface area contributed by atoms with Crippen LogP contribution < -0.4 is 0 Å². The topological polar surface area (TPSA) is 12.9 Å². The van der Waals surface area contributed by atoms with Crippen LogP contribution in [0.25, 0.3) is 23.4 Å². The van der Waals surface area contributed by atoms with Crippen molar-refractivity contribution in [2.24, 2.45) is 0 Å². The summed E-state index contributed by atoms with van der Waals surface area (Å²) >= 11 is 3.39. The lowest BCUT2D eigenvalue weighted by Crippen LogP contribution is -1.78. The summed E-state index contributed by atoms with van der Waals surface area (Å²) in [7, 11) is 0. The lowest BCUT2D eigenvalue weighted by atomic mass is 10.1. The smallest absolute Gasteiger partial charge is 0.116 e. The third-order valence-electron chi connectivity index (χ3n) is 2.83. The van der Waals surface area contributed by atoms with E-state index in [-0.39, 0.29) is 0 Å². The number of aryl methyl sites for hydroxylation is 1. The van der Waals surface area contributed by atoms with Gasteiger partial charge >= 0.3 is 0 Å². The van der Waals surface area contributed by atoms with Crippen LogP contribution in [0.2, 0.25) is 0 Å². The van der Waals surface area contributed by atoms with Crippen molar-refractivity contribution in [1.29, 1.82) is 0 Å². The molecule has 0 aliphatic carbocycles. The summed E-state index contributed by atoms with van der Waals surface area (Å²) in [4.78, 5) is 4.64.